The number of carbonyl (C=O) groups is 4. The minimum Gasteiger partial charge on any atom is -0.507 e. The third-order valence-corrected chi connectivity index (χ3v) is 9.66. The van der Waals surface area contributed by atoms with Gasteiger partial charge in [0.1, 0.15) is 11.5 Å². The van der Waals surface area contributed by atoms with Crippen LogP contribution in [0.1, 0.15) is 181 Å². The van der Waals surface area contributed by atoms with E-state index in [-0.39, 0.29) is 46.8 Å². The van der Waals surface area contributed by atoms with Crippen LogP contribution in [0.4, 0.5) is 0 Å². The lowest BCUT2D eigenvalue weighted by Crippen LogP contribution is -2.44. The average molecular weight is 723 g/mol. The van der Waals surface area contributed by atoms with Crippen LogP contribution in [-0.2, 0) is 22.4 Å². The van der Waals surface area contributed by atoms with E-state index in [1.165, 1.54) is 51.4 Å². The fourth-order valence-electron chi connectivity index (χ4n) is 6.47. The van der Waals surface area contributed by atoms with Crippen LogP contribution in [0.5, 0.6) is 11.5 Å². The lowest BCUT2D eigenvalue weighted by molar-refractivity contribution is -0.126. The lowest BCUT2D eigenvalue weighted by Gasteiger charge is -2.17. The summed E-state index contributed by atoms with van der Waals surface area (Å²) in [6.07, 6.45) is 20.5. The molecule has 0 fully saturated rings. The van der Waals surface area contributed by atoms with Crippen LogP contribution >= 0.6 is 0 Å². The molecule has 10 heteroatoms. The number of aromatic hydroxyl groups is 2. The smallest absolute Gasteiger partial charge is 0.273 e. The topological polar surface area (TPSA) is 157 Å². The molecular formula is C42H66N4O6. The summed E-state index contributed by atoms with van der Waals surface area (Å²) >= 11 is 0. The van der Waals surface area contributed by atoms with Gasteiger partial charge in [-0.15, -0.1) is 0 Å². The average Bonchev–Trinajstić information content (AvgIpc) is 3.14. The van der Waals surface area contributed by atoms with Crippen LogP contribution in [0, 0.1) is 5.92 Å². The summed E-state index contributed by atoms with van der Waals surface area (Å²) in [5, 5.41) is 21.4. The van der Waals surface area contributed by atoms with Crippen molar-refractivity contribution in [2.45, 2.75) is 162 Å². The van der Waals surface area contributed by atoms with Gasteiger partial charge in [0.2, 0.25) is 11.8 Å². The van der Waals surface area contributed by atoms with Crippen LogP contribution in [-0.4, -0.2) is 33.8 Å². The number of para-hydroxylation sites is 2. The standard InChI is InChI=1S/C42H66N4O6/c1-4-7-9-11-13-17-24-32-27-21-29-35(38(32)48)41(51)45-43-37(47)31-20-16-15-19-26-34(23-6-3)40(50)44-46-42(52)36-30-22-28-33(39(36)49)25-18-14-12-10-8-5-2/h21-22,27-30,34,48-49H,4-20,23-26,31H2,1-3H3,(H,43,47)(H,44,50)(H,45,51)(H,46,52). The summed E-state index contributed by atoms with van der Waals surface area (Å²) < 4.78 is 0. The molecule has 0 aliphatic heterocycles. The number of nitrogens with one attached hydrogen (secondary N) is 4. The molecular weight excluding hydrogens is 656 g/mol. The number of aryl methyl sites for hydroxylation is 2. The predicted molar refractivity (Wildman–Crippen MR) is 208 cm³/mol. The second kappa shape index (κ2) is 26.7. The Morgan fingerprint density at radius 2 is 0.981 bits per heavy atom. The molecule has 0 saturated heterocycles. The maximum Gasteiger partial charge on any atom is 0.273 e. The Labute approximate surface area is 312 Å². The van der Waals surface area contributed by atoms with Gasteiger partial charge >= 0.3 is 0 Å². The van der Waals surface area contributed by atoms with Gasteiger partial charge in [-0.25, -0.2) is 0 Å². The number of amides is 4. The van der Waals surface area contributed by atoms with Crippen molar-refractivity contribution in [3.8, 4) is 11.5 Å². The van der Waals surface area contributed by atoms with Gasteiger partial charge in [0.25, 0.3) is 11.8 Å². The van der Waals surface area contributed by atoms with E-state index in [0.29, 0.717) is 32.1 Å². The molecule has 0 saturated carbocycles. The van der Waals surface area contributed by atoms with E-state index in [9.17, 15) is 29.4 Å². The Balaban J connectivity index is 1.68. The van der Waals surface area contributed by atoms with Crippen LogP contribution < -0.4 is 21.7 Å². The second-order valence-electron chi connectivity index (χ2n) is 14.0. The van der Waals surface area contributed by atoms with Crippen molar-refractivity contribution in [1.29, 1.82) is 0 Å². The van der Waals surface area contributed by atoms with Crippen LogP contribution in [0.25, 0.3) is 0 Å². The molecule has 0 aromatic heterocycles. The molecule has 1 atom stereocenters. The quantitative estimate of drug-likeness (QED) is 0.0421. The number of unbranched alkanes of at least 4 members (excludes halogenated alkanes) is 13. The van der Waals surface area contributed by atoms with Crippen molar-refractivity contribution in [3.05, 3.63) is 58.7 Å². The van der Waals surface area contributed by atoms with Crippen LogP contribution in [0.15, 0.2) is 36.4 Å². The molecule has 0 heterocycles. The highest BCUT2D eigenvalue weighted by Gasteiger charge is 2.20. The minimum absolute atomic E-state index is 0.0351. The Hall–Kier alpha value is -4.08. The van der Waals surface area contributed by atoms with Crippen molar-refractivity contribution in [2.24, 2.45) is 5.92 Å². The molecule has 2 aromatic carbocycles. The Morgan fingerprint density at radius 3 is 1.50 bits per heavy atom. The number of carbonyl (C=O) groups excluding carboxylic acids is 4. The highest BCUT2D eigenvalue weighted by Crippen LogP contribution is 2.26. The van der Waals surface area contributed by atoms with E-state index in [1.807, 2.05) is 19.1 Å². The minimum atomic E-state index is -0.555. The fourth-order valence-corrected chi connectivity index (χ4v) is 6.47. The highest BCUT2D eigenvalue weighted by atomic mass is 16.3. The molecule has 0 spiro atoms. The van der Waals surface area contributed by atoms with Gasteiger partial charge in [0.05, 0.1) is 11.1 Å². The number of benzene rings is 2. The lowest BCUT2D eigenvalue weighted by atomic mass is 9.95. The molecule has 52 heavy (non-hydrogen) atoms. The van der Waals surface area contributed by atoms with E-state index in [4.69, 9.17) is 0 Å². The second-order valence-corrected chi connectivity index (χ2v) is 14.0. The summed E-state index contributed by atoms with van der Waals surface area (Å²) in [7, 11) is 0. The fraction of sp³-hybridized carbons (Fsp3) is 0.619. The molecule has 0 bridgehead atoms. The maximum absolute atomic E-state index is 12.9. The van der Waals surface area contributed by atoms with Crippen molar-refractivity contribution < 1.29 is 29.4 Å². The first-order chi connectivity index (χ1) is 25.2. The molecule has 0 radical (unpaired) electrons. The van der Waals surface area contributed by atoms with Crippen molar-refractivity contribution in [2.75, 3.05) is 0 Å². The first-order valence-electron chi connectivity index (χ1n) is 20.0. The molecule has 1 unspecified atom stereocenters. The van der Waals surface area contributed by atoms with Gasteiger partial charge in [0, 0.05) is 12.3 Å². The number of rotatable bonds is 26. The normalized spacial score (nSPS) is 11.5. The van der Waals surface area contributed by atoms with E-state index >= 15 is 0 Å². The van der Waals surface area contributed by atoms with E-state index in [0.717, 1.165) is 62.5 Å². The number of phenols is 2. The third-order valence-electron chi connectivity index (χ3n) is 9.66. The molecule has 0 aliphatic carbocycles. The molecule has 6 N–H and O–H groups in total. The molecule has 10 nitrogen and oxygen atoms in total. The number of hydrazine groups is 2. The van der Waals surface area contributed by atoms with Crippen LogP contribution in [0.2, 0.25) is 0 Å². The predicted octanol–water partition coefficient (Wildman–Crippen LogP) is 8.88. The van der Waals surface area contributed by atoms with Gasteiger partial charge in [-0.2, -0.15) is 0 Å². The maximum atomic E-state index is 12.9. The largest absolute Gasteiger partial charge is 0.507 e. The summed E-state index contributed by atoms with van der Waals surface area (Å²) in [6.45, 7) is 6.39. The van der Waals surface area contributed by atoms with E-state index in [1.54, 1.807) is 24.3 Å². The molecule has 2 rings (SSSR count). The monoisotopic (exact) mass is 722 g/mol. The van der Waals surface area contributed by atoms with Gasteiger partial charge in [-0.3, -0.25) is 40.9 Å². The number of phenolic OH excluding ortho intramolecular Hbond substituents is 2. The van der Waals surface area contributed by atoms with Gasteiger partial charge in [-0.05, 0) is 68.2 Å². The Bertz CT molecular complexity index is 1360. The molecule has 0 aliphatic rings. The summed E-state index contributed by atoms with van der Waals surface area (Å²) in [5.74, 6) is -2.01. The van der Waals surface area contributed by atoms with Gasteiger partial charge < -0.3 is 10.2 Å². The Kier molecular flexibility index (Phi) is 22.6. The zero-order valence-corrected chi connectivity index (χ0v) is 32.1. The molecule has 290 valence electrons. The van der Waals surface area contributed by atoms with Crippen LogP contribution in [0.3, 0.4) is 0 Å². The first kappa shape index (κ1) is 44.1. The number of hydrogen-bond acceptors (Lipinski definition) is 6. The summed E-state index contributed by atoms with van der Waals surface area (Å²) in [6, 6.07) is 10.3. The SMILES string of the molecule is CCCCCCCCc1cccc(C(=O)NNC(=O)CCCCCCC(CCC)C(=O)NNC(=O)c2cccc(CCCCCCCC)c2O)c1O. The number of hydrogen-bond donors (Lipinski definition) is 6. The van der Waals surface area contributed by atoms with Gasteiger partial charge in [-0.1, -0.05) is 135 Å². The summed E-state index contributed by atoms with van der Waals surface area (Å²) in [5.41, 5.74) is 11.7. The van der Waals surface area contributed by atoms with Crippen molar-refractivity contribution in [1.82, 2.24) is 21.7 Å². The Morgan fingerprint density at radius 1 is 0.519 bits per heavy atom. The summed E-state index contributed by atoms with van der Waals surface area (Å²) in [4.78, 5) is 50.8. The third kappa shape index (κ3) is 17.0. The van der Waals surface area contributed by atoms with Crippen molar-refractivity contribution >= 4 is 23.6 Å². The van der Waals surface area contributed by atoms with Crippen molar-refractivity contribution in [3.63, 3.8) is 0 Å². The zero-order valence-electron chi connectivity index (χ0n) is 32.1. The molecule has 2 aromatic rings. The first-order valence-corrected chi connectivity index (χ1v) is 20.0. The highest BCUT2D eigenvalue weighted by molar-refractivity contribution is 5.98. The van der Waals surface area contributed by atoms with E-state index in [2.05, 4.69) is 35.6 Å². The van der Waals surface area contributed by atoms with Gasteiger partial charge in [0.15, 0.2) is 0 Å². The van der Waals surface area contributed by atoms with E-state index < -0.39 is 11.8 Å². The molecule has 4 amide bonds. The zero-order chi connectivity index (χ0) is 38.0.